The van der Waals surface area contributed by atoms with Crippen LogP contribution in [0.3, 0.4) is 0 Å². The molecule has 0 aliphatic heterocycles. The van der Waals surface area contributed by atoms with E-state index in [4.69, 9.17) is 4.74 Å². The molecule has 2 aromatic heterocycles. The topological polar surface area (TPSA) is 93.1 Å². The maximum atomic E-state index is 12.0. The number of nitrogens with zero attached hydrogens (tertiary/aromatic N) is 3. The van der Waals surface area contributed by atoms with Crippen molar-refractivity contribution in [3.05, 3.63) is 60.4 Å². The first-order valence-corrected chi connectivity index (χ1v) is 8.56. The van der Waals surface area contributed by atoms with Gasteiger partial charge in [0.1, 0.15) is 11.6 Å². The molecule has 2 amide bonds. The highest BCUT2D eigenvalue weighted by atomic mass is 16.5. The monoisotopic (exact) mass is 366 g/mol. The second kappa shape index (κ2) is 8.70. The van der Waals surface area contributed by atoms with Crippen LogP contribution in [-0.2, 0) is 0 Å². The molecule has 0 unspecified atom stereocenters. The van der Waals surface area contributed by atoms with Gasteiger partial charge in [0.05, 0.1) is 12.8 Å². The number of carbonyl (C=O) groups is 1. The number of anilines is 2. The summed E-state index contributed by atoms with van der Waals surface area (Å²) >= 11 is 0. The van der Waals surface area contributed by atoms with Gasteiger partial charge in [0, 0.05) is 25.5 Å². The number of rotatable bonds is 7. The summed E-state index contributed by atoms with van der Waals surface area (Å²) in [6, 6.07) is 12.9. The third-order valence-corrected chi connectivity index (χ3v) is 3.84. The van der Waals surface area contributed by atoms with E-state index in [0.29, 0.717) is 30.3 Å². The van der Waals surface area contributed by atoms with Gasteiger partial charge in [-0.05, 0) is 48.9 Å². The van der Waals surface area contributed by atoms with Crippen LogP contribution in [-0.4, -0.2) is 41.0 Å². The van der Waals surface area contributed by atoms with E-state index in [0.717, 1.165) is 11.4 Å². The molecule has 1 aromatic carbocycles. The number of methoxy groups -OCH3 is 1. The van der Waals surface area contributed by atoms with Gasteiger partial charge in [-0.15, -0.1) is 10.2 Å². The molecule has 0 saturated heterocycles. The van der Waals surface area contributed by atoms with Crippen molar-refractivity contribution in [3.63, 3.8) is 0 Å². The highest BCUT2D eigenvalue weighted by molar-refractivity contribution is 5.91. The molecule has 8 nitrogen and oxygen atoms in total. The number of nitrogens with one attached hydrogen (secondary N) is 3. The van der Waals surface area contributed by atoms with Crippen molar-refractivity contribution < 1.29 is 9.53 Å². The van der Waals surface area contributed by atoms with Gasteiger partial charge in [0.25, 0.3) is 0 Å². The van der Waals surface area contributed by atoms with E-state index < -0.39 is 0 Å². The highest BCUT2D eigenvalue weighted by Crippen LogP contribution is 2.24. The predicted octanol–water partition coefficient (Wildman–Crippen LogP) is 2.82. The fraction of sp³-hybridized carbons (Fsp3) is 0.211. The van der Waals surface area contributed by atoms with Crippen molar-refractivity contribution in [1.29, 1.82) is 0 Å². The number of hydrogen-bond donors (Lipinski definition) is 3. The second-order valence-electron chi connectivity index (χ2n) is 5.88. The zero-order valence-corrected chi connectivity index (χ0v) is 15.3. The van der Waals surface area contributed by atoms with Crippen molar-refractivity contribution in [1.82, 2.24) is 20.1 Å². The predicted molar refractivity (Wildman–Crippen MR) is 105 cm³/mol. The van der Waals surface area contributed by atoms with Gasteiger partial charge >= 0.3 is 6.03 Å². The van der Waals surface area contributed by atoms with E-state index in [1.165, 1.54) is 0 Å². The molecule has 0 spiro atoms. The van der Waals surface area contributed by atoms with E-state index in [2.05, 4.69) is 26.1 Å². The molecular formula is C19H22N6O2. The molecule has 140 valence electrons. The summed E-state index contributed by atoms with van der Waals surface area (Å²) in [5.74, 6) is 2.01. The van der Waals surface area contributed by atoms with Crippen LogP contribution in [0.4, 0.5) is 16.3 Å². The van der Waals surface area contributed by atoms with Crippen molar-refractivity contribution >= 4 is 17.5 Å². The highest BCUT2D eigenvalue weighted by Gasteiger charge is 2.07. The number of urea groups is 1. The fourth-order valence-corrected chi connectivity index (χ4v) is 2.50. The number of aromatic nitrogens is 3. The van der Waals surface area contributed by atoms with Gasteiger partial charge in [-0.3, -0.25) is 0 Å². The molecule has 0 radical (unpaired) electrons. The lowest BCUT2D eigenvalue weighted by molar-refractivity contribution is 0.252. The number of aryl methyl sites for hydroxylation is 1. The van der Waals surface area contributed by atoms with Crippen molar-refractivity contribution in [2.24, 2.45) is 0 Å². The molecule has 27 heavy (non-hydrogen) atoms. The quantitative estimate of drug-likeness (QED) is 0.559. The molecule has 0 aliphatic rings. The Morgan fingerprint density at radius 2 is 1.93 bits per heavy atom. The summed E-state index contributed by atoms with van der Waals surface area (Å²) in [5, 5.41) is 17.0. The smallest absolute Gasteiger partial charge is 0.319 e. The first kappa shape index (κ1) is 18.2. The molecule has 0 aliphatic carbocycles. The number of carbonyl (C=O) groups excluding carboxylic acids is 1. The number of amides is 2. The van der Waals surface area contributed by atoms with Crippen LogP contribution >= 0.6 is 0 Å². The summed E-state index contributed by atoms with van der Waals surface area (Å²) in [5.41, 5.74) is 1.67. The summed E-state index contributed by atoms with van der Waals surface area (Å²) in [6.07, 6.45) is 3.81. The maximum absolute atomic E-state index is 12.0. The Kier molecular flexibility index (Phi) is 5.88. The van der Waals surface area contributed by atoms with Gasteiger partial charge < -0.3 is 25.3 Å². The molecule has 0 bridgehead atoms. The average Bonchev–Trinajstić information content (AvgIpc) is 3.21. The summed E-state index contributed by atoms with van der Waals surface area (Å²) < 4.78 is 7.13. The lowest BCUT2D eigenvalue weighted by Gasteiger charge is -2.12. The molecule has 2 heterocycles. The van der Waals surface area contributed by atoms with Crippen molar-refractivity contribution in [3.8, 4) is 11.6 Å². The van der Waals surface area contributed by atoms with E-state index in [-0.39, 0.29) is 6.03 Å². The molecule has 0 fully saturated rings. The first-order chi connectivity index (χ1) is 13.2. The van der Waals surface area contributed by atoms with Crippen LogP contribution in [0.2, 0.25) is 0 Å². The Bertz CT molecular complexity index is 878. The standard InChI is InChI=1S/C19H22N6O2/c1-14-5-6-16(27-2)15(13-14)22-19(26)21-10-9-20-17-7-8-18(24-23-17)25-11-3-4-12-25/h3-8,11-13H,9-10H2,1-2H3,(H,20,23)(H2,21,22,26). The van der Waals surface area contributed by atoms with Gasteiger partial charge in [0.15, 0.2) is 5.82 Å². The zero-order chi connectivity index (χ0) is 19.1. The van der Waals surface area contributed by atoms with Crippen LogP contribution < -0.4 is 20.7 Å². The minimum Gasteiger partial charge on any atom is -0.495 e. The maximum Gasteiger partial charge on any atom is 0.319 e. The molecule has 3 N–H and O–H groups in total. The largest absolute Gasteiger partial charge is 0.495 e. The fourth-order valence-electron chi connectivity index (χ4n) is 2.50. The number of ether oxygens (including phenoxy) is 1. The van der Waals surface area contributed by atoms with Gasteiger partial charge in [-0.2, -0.15) is 0 Å². The van der Waals surface area contributed by atoms with Crippen LogP contribution in [0.1, 0.15) is 5.56 Å². The average molecular weight is 366 g/mol. The molecule has 0 saturated carbocycles. The Hall–Kier alpha value is -3.55. The van der Waals surface area contributed by atoms with Gasteiger partial charge in [-0.25, -0.2) is 4.79 Å². The third-order valence-electron chi connectivity index (χ3n) is 3.84. The third kappa shape index (κ3) is 4.97. The van der Waals surface area contributed by atoms with Crippen LogP contribution in [0.15, 0.2) is 54.9 Å². The van der Waals surface area contributed by atoms with E-state index in [9.17, 15) is 4.79 Å². The normalized spacial score (nSPS) is 10.3. The minimum absolute atomic E-state index is 0.297. The Labute approximate surface area is 157 Å². The summed E-state index contributed by atoms with van der Waals surface area (Å²) in [4.78, 5) is 12.0. The summed E-state index contributed by atoms with van der Waals surface area (Å²) in [7, 11) is 1.57. The Morgan fingerprint density at radius 3 is 2.63 bits per heavy atom. The molecular weight excluding hydrogens is 344 g/mol. The van der Waals surface area contributed by atoms with Gasteiger partial charge in [0.2, 0.25) is 0 Å². The lowest BCUT2D eigenvalue weighted by Crippen LogP contribution is -2.32. The van der Waals surface area contributed by atoms with E-state index in [1.54, 1.807) is 7.11 Å². The zero-order valence-electron chi connectivity index (χ0n) is 15.3. The number of benzene rings is 1. The van der Waals surface area contributed by atoms with Crippen molar-refractivity contribution in [2.75, 3.05) is 30.8 Å². The molecule has 3 aromatic rings. The SMILES string of the molecule is COc1ccc(C)cc1NC(=O)NCCNc1ccc(-n2cccc2)nn1. The van der Waals surface area contributed by atoms with Gasteiger partial charge in [-0.1, -0.05) is 6.07 Å². The number of hydrogen-bond acceptors (Lipinski definition) is 5. The Morgan fingerprint density at radius 1 is 1.11 bits per heavy atom. The lowest BCUT2D eigenvalue weighted by atomic mass is 10.2. The molecule has 3 rings (SSSR count). The van der Waals surface area contributed by atoms with Crippen molar-refractivity contribution in [2.45, 2.75) is 6.92 Å². The molecule has 8 heteroatoms. The van der Waals surface area contributed by atoms with Crippen LogP contribution in [0.5, 0.6) is 5.75 Å². The van der Waals surface area contributed by atoms with E-state index in [1.807, 2.05) is 66.3 Å². The second-order valence-corrected chi connectivity index (χ2v) is 5.88. The summed E-state index contributed by atoms with van der Waals surface area (Å²) in [6.45, 7) is 2.91. The first-order valence-electron chi connectivity index (χ1n) is 8.56. The minimum atomic E-state index is -0.297. The van der Waals surface area contributed by atoms with Crippen LogP contribution in [0.25, 0.3) is 5.82 Å². The Balaban J connectivity index is 1.43. The van der Waals surface area contributed by atoms with Crippen LogP contribution in [0, 0.1) is 6.92 Å². The van der Waals surface area contributed by atoms with E-state index >= 15 is 0 Å². The molecule has 0 atom stereocenters.